The van der Waals surface area contributed by atoms with E-state index in [0.717, 1.165) is 38.6 Å². The highest BCUT2D eigenvalue weighted by Gasteiger charge is 2.41. The Morgan fingerprint density at radius 1 is 0.509 bits per heavy atom. The first-order chi connectivity index (χ1) is 27.1. The molecule has 1 aliphatic rings. The van der Waals surface area contributed by atoms with Gasteiger partial charge in [0, 0.05) is 37.2 Å². The van der Waals surface area contributed by atoms with Crippen molar-refractivity contribution in [1.29, 1.82) is 0 Å². The van der Waals surface area contributed by atoms with Crippen LogP contribution < -0.4 is 4.90 Å². The topological polar surface area (TPSA) is 29.0 Å². The molecule has 0 bridgehead atoms. The van der Waals surface area contributed by atoms with E-state index in [1.54, 1.807) is 0 Å². The molecule has 55 heavy (non-hydrogen) atoms. The van der Waals surface area contributed by atoms with Crippen molar-refractivity contribution >= 4 is 103 Å². The van der Waals surface area contributed by atoms with Crippen molar-refractivity contribution in [3.8, 4) is 11.3 Å². The molecular weight excluding hydrogens is 687 g/mol. The number of hydrogen-bond donors (Lipinski definition) is 0. The predicted molar refractivity (Wildman–Crippen MR) is 235 cm³/mol. The number of para-hydroxylation sites is 1. The smallest absolute Gasteiger partial charge is 0.235 e. The number of thiophene rings is 1. The number of rotatable bonds is 2. The lowest BCUT2D eigenvalue weighted by molar-refractivity contribution is 0.638. The van der Waals surface area contributed by atoms with Gasteiger partial charge < -0.3 is 0 Å². The molecule has 9 aromatic carbocycles. The molecule has 0 unspecified atom stereocenters. The van der Waals surface area contributed by atoms with Crippen molar-refractivity contribution in [2.24, 2.45) is 0 Å². The van der Waals surface area contributed by atoms with Crippen molar-refractivity contribution in [3.05, 3.63) is 175 Å². The van der Waals surface area contributed by atoms with Gasteiger partial charge in [0.05, 0.1) is 27.3 Å². The third kappa shape index (κ3) is 4.20. The molecule has 0 amide bonds. The number of hydrogen-bond acceptors (Lipinski definition) is 4. The molecule has 4 heteroatoms. The lowest BCUT2D eigenvalue weighted by Gasteiger charge is -2.42. The molecule has 11 aromatic rings. The summed E-state index contributed by atoms with van der Waals surface area (Å²) in [6.45, 7) is 4.77. The largest absolute Gasteiger partial charge is 0.277 e. The standard InChI is InChI=1S/C51H33N3S/c1-51(2)40-24-12-13-25-41(40)54(48-45(51)37-21-9-8-20-36(37)43-39-23-11-14-26-42(39)55-49(43)48)50-52-46(32-28-27-30-15-3-4-16-31(30)29-32)44-35-19-7-5-17-33(35)34-18-6-10-22-38(34)47(44)53-50/h3-29H,1-2H3. The molecule has 3 nitrogen and oxygen atoms in total. The zero-order valence-corrected chi connectivity index (χ0v) is 31.2. The van der Waals surface area contributed by atoms with E-state index in [1.807, 2.05) is 11.3 Å². The van der Waals surface area contributed by atoms with Crippen LogP contribution in [-0.4, -0.2) is 9.97 Å². The zero-order chi connectivity index (χ0) is 36.4. The molecule has 0 aliphatic carbocycles. The van der Waals surface area contributed by atoms with Gasteiger partial charge >= 0.3 is 0 Å². The van der Waals surface area contributed by atoms with Crippen LogP contribution in [0.25, 0.3) is 85.4 Å². The summed E-state index contributed by atoms with van der Waals surface area (Å²) in [5.41, 5.74) is 7.52. The van der Waals surface area contributed by atoms with Crippen molar-refractivity contribution in [2.45, 2.75) is 19.3 Å². The number of benzene rings is 9. The predicted octanol–water partition coefficient (Wildman–Crippen LogP) is 14.4. The Hall–Kier alpha value is -6.62. The molecule has 0 spiro atoms. The molecule has 0 radical (unpaired) electrons. The number of fused-ring (bicyclic) bond motifs is 16. The van der Waals surface area contributed by atoms with Crippen LogP contribution >= 0.6 is 11.3 Å². The van der Waals surface area contributed by atoms with Gasteiger partial charge in [-0.2, -0.15) is 0 Å². The normalized spacial score (nSPS) is 13.7. The molecule has 0 saturated heterocycles. The fourth-order valence-electron chi connectivity index (χ4n) is 9.55. The van der Waals surface area contributed by atoms with Crippen LogP contribution in [0.2, 0.25) is 0 Å². The molecule has 0 saturated carbocycles. The Morgan fingerprint density at radius 3 is 1.91 bits per heavy atom. The summed E-state index contributed by atoms with van der Waals surface area (Å²) in [4.78, 5) is 13.9. The first-order valence-corrected chi connectivity index (χ1v) is 19.7. The van der Waals surface area contributed by atoms with Gasteiger partial charge in [-0.25, -0.2) is 9.97 Å². The fraction of sp³-hybridized carbons (Fsp3) is 0.0588. The summed E-state index contributed by atoms with van der Waals surface area (Å²) >= 11 is 1.88. The summed E-state index contributed by atoms with van der Waals surface area (Å²) in [6.07, 6.45) is 0. The molecule has 3 heterocycles. The zero-order valence-electron chi connectivity index (χ0n) is 30.3. The van der Waals surface area contributed by atoms with E-state index in [1.165, 1.54) is 69.3 Å². The summed E-state index contributed by atoms with van der Waals surface area (Å²) in [7, 11) is 0. The van der Waals surface area contributed by atoms with Gasteiger partial charge in [0.25, 0.3) is 0 Å². The van der Waals surface area contributed by atoms with Crippen molar-refractivity contribution in [1.82, 2.24) is 9.97 Å². The van der Waals surface area contributed by atoms with Crippen LogP contribution in [0.1, 0.15) is 25.0 Å². The van der Waals surface area contributed by atoms with Crippen molar-refractivity contribution in [3.63, 3.8) is 0 Å². The van der Waals surface area contributed by atoms with Crippen LogP contribution in [0.3, 0.4) is 0 Å². The van der Waals surface area contributed by atoms with Crippen LogP contribution in [0, 0.1) is 0 Å². The van der Waals surface area contributed by atoms with Gasteiger partial charge in [-0.1, -0.05) is 159 Å². The Bertz CT molecular complexity index is 3430. The highest BCUT2D eigenvalue weighted by atomic mass is 32.1. The molecule has 258 valence electrons. The maximum absolute atomic E-state index is 5.76. The second kappa shape index (κ2) is 11.2. The number of aromatic nitrogens is 2. The van der Waals surface area contributed by atoms with Gasteiger partial charge in [0.15, 0.2) is 0 Å². The van der Waals surface area contributed by atoms with Gasteiger partial charge in [-0.05, 0) is 67.0 Å². The average Bonchev–Trinajstić information content (AvgIpc) is 3.63. The molecule has 12 rings (SSSR count). The summed E-state index contributed by atoms with van der Waals surface area (Å²) in [6, 6.07) is 59.5. The van der Waals surface area contributed by atoms with E-state index in [4.69, 9.17) is 9.97 Å². The average molecular weight is 720 g/mol. The minimum Gasteiger partial charge on any atom is -0.277 e. The van der Waals surface area contributed by atoms with E-state index in [-0.39, 0.29) is 5.41 Å². The SMILES string of the molecule is CC1(C)c2ccccc2N(c2nc(-c3ccc4ccccc4c3)c3c4ccccc4c4ccccc4c3n2)c2c1c1ccccc1c1c2sc2ccccc21. The lowest BCUT2D eigenvalue weighted by Crippen LogP contribution is -2.31. The van der Waals surface area contributed by atoms with E-state index >= 15 is 0 Å². The van der Waals surface area contributed by atoms with Crippen LogP contribution in [0.4, 0.5) is 17.3 Å². The van der Waals surface area contributed by atoms with Gasteiger partial charge in [-0.15, -0.1) is 11.3 Å². The monoisotopic (exact) mass is 719 g/mol. The third-order valence-corrected chi connectivity index (χ3v) is 13.1. The molecule has 0 N–H and O–H groups in total. The minimum absolute atomic E-state index is 0.298. The molecule has 2 aromatic heterocycles. The minimum atomic E-state index is -0.298. The fourth-order valence-corrected chi connectivity index (χ4v) is 10.8. The molecule has 1 aliphatic heterocycles. The first-order valence-electron chi connectivity index (χ1n) is 18.9. The summed E-state index contributed by atoms with van der Waals surface area (Å²) < 4.78 is 2.54. The van der Waals surface area contributed by atoms with Crippen LogP contribution in [0.5, 0.6) is 0 Å². The van der Waals surface area contributed by atoms with Crippen LogP contribution in [0.15, 0.2) is 164 Å². The third-order valence-electron chi connectivity index (χ3n) is 12.0. The second-order valence-electron chi connectivity index (χ2n) is 15.3. The van der Waals surface area contributed by atoms with Gasteiger partial charge in [0.2, 0.25) is 5.95 Å². The quantitative estimate of drug-likeness (QED) is 0.167. The van der Waals surface area contributed by atoms with Crippen molar-refractivity contribution in [2.75, 3.05) is 4.90 Å². The second-order valence-corrected chi connectivity index (χ2v) is 16.4. The first kappa shape index (κ1) is 30.8. The number of nitrogens with zero attached hydrogens (tertiary/aromatic N) is 3. The highest BCUT2D eigenvalue weighted by Crippen LogP contribution is 2.59. The van der Waals surface area contributed by atoms with E-state index in [0.29, 0.717) is 5.95 Å². The van der Waals surface area contributed by atoms with Gasteiger partial charge in [-0.3, -0.25) is 4.90 Å². The molecule has 0 atom stereocenters. The van der Waals surface area contributed by atoms with E-state index in [9.17, 15) is 0 Å². The highest BCUT2D eigenvalue weighted by molar-refractivity contribution is 7.26. The number of anilines is 3. The lowest BCUT2D eigenvalue weighted by atomic mass is 9.71. The molecule has 0 fully saturated rings. The van der Waals surface area contributed by atoms with Crippen molar-refractivity contribution < 1.29 is 0 Å². The van der Waals surface area contributed by atoms with E-state index < -0.39 is 0 Å². The van der Waals surface area contributed by atoms with Crippen LogP contribution in [-0.2, 0) is 5.41 Å². The van der Waals surface area contributed by atoms with E-state index in [2.05, 4.69) is 183 Å². The molecular formula is C51H33N3S. The maximum atomic E-state index is 5.76. The summed E-state index contributed by atoms with van der Waals surface area (Å²) in [5.74, 6) is 0.675. The Morgan fingerprint density at radius 2 is 1.11 bits per heavy atom. The van der Waals surface area contributed by atoms with Gasteiger partial charge in [0.1, 0.15) is 0 Å². The Labute approximate surface area is 321 Å². The Balaban J connectivity index is 1.29. The summed E-state index contributed by atoms with van der Waals surface area (Å²) in [5, 5.41) is 13.3. The Kier molecular flexibility index (Phi) is 6.27. The maximum Gasteiger partial charge on any atom is 0.235 e.